The fourth-order valence-electron chi connectivity index (χ4n) is 2.70. The number of pyridine rings is 1. The smallest absolute Gasteiger partial charge is 0.215 e. The SMILES string of the molecule is COc1ccc(-c2nc3cc(OCC(O)CNC(C)C)ncc3[nH]2)c(OC)c1. The van der Waals surface area contributed by atoms with Crippen LogP contribution in [0.25, 0.3) is 22.4 Å². The van der Waals surface area contributed by atoms with Crippen LogP contribution in [0.5, 0.6) is 17.4 Å². The Morgan fingerprint density at radius 2 is 2.00 bits per heavy atom. The average molecular weight is 386 g/mol. The van der Waals surface area contributed by atoms with Gasteiger partial charge in [0.2, 0.25) is 5.88 Å². The minimum atomic E-state index is -0.613. The normalized spacial score (nSPS) is 12.4. The lowest BCUT2D eigenvalue weighted by molar-refractivity contribution is 0.102. The second kappa shape index (κ2) is 8.90. The highest BCUT2D eigenvalue weighted by Crippen LogP contribution is 2.32. The number of fused-ring (bicyclic) bond motifs is 1. The molecule has 2 heterocycles. The molecule has 0 radical (unpaired) electrons. The van der Waals surface area contributed by atoms with E-state index in [1.165, 1.54) is 0 Å². The van der Waals surface area contributed by atoms with Gasteiger partial charge in [-0.05, 0) is 12.1 Å². The molecule has 8 heteroatoms. The molecule has 150 valence electrons. The summed E-state index contributed by atoms with van der Waals surface area (Å²) >= 11 is 0. The van der Waals surface area contributed by atoms with E-state index in [9.17, 15) is 5.11 Å². The summed E-state index contributed by atoms with van der Waals surface area (Å²) in [5.41, 5.74) is 2.31. The average Bonchev–Trinajstić information content (AvgIpc) is 3.13. The van der Waals surface area contributed by atoms with Gasteiger partial charge in [-0.25, -0.2) is 9.97 Å². The van der Waals surface area contributed by atoms with Gasteiger partial charge in [0.25, 0.3) is 0 Å². The highest BCUT2D eigenvalue weighted by atomic mass is 16.5. The summed E-state index contributed by atoms with van der Waals surface area (Å²) in [5.74, 6) is 2.44. The number of aromatic amines is 1. The number of hydrogen-bond acceptors (Lipinski definition) is 7. The van der Waals surface area contributed by atoms with Crippen molar-refractivity contribution in [2.45, 2.75) is 26.0 Å². The Balaban J connectivity index is 1.76. The summed E-state index contributed by atoms with van der Waals surface area (Å²) in [6.07, 6.45) is 1.05. The first-order valence-corrected chi connectivity index (χ1v) is 9.12. The van der Waals surface area contributed by atoms with Gasteiger partial charge in [-0.3, -0.25) is 0 Å². The van der Waals surface area contributed by atoms with Crippen LogP contribution in [0.4, 0.5) is 0 Å². The molecular formula is C20H26N4O4. The van der Waals surface area contributed by atoms with E-state index in [0.29, 0.717) is 41.3 Å². The van der Waals surface area contributed by atoms with E-state index in [1.807, 2.05) is 32.0 Å². The summed E-state index contributed by atoms with van der Waals surface area (Å²) in [6, 6.07) is 7.60. The van der Waals surface area contributed by atoms with Crippen LogP contribution in [-0.2, 0) is 0 Å². The van der Waals surface area contributed by atoms with Gasteiger partial charge in [-0.2, -0.15) is 0 Å². The molecule has 1 atom stereocenters. The van der Waals surface area contributed by atoms with Crippen LogP contribution < -0.4 is 19.5 Å². The lowest BCUT2D eigenvalue weighted by atomic mass is 10.2. The van der Waals surface area contributed by atoms with Crippen molar-refractivity contribution in [2.75, 3.05) is 27.4 Å². The number of aliphatic hydroxyl groups excluding tert-OH is 1. The summed E-state index contributed by atoms with van der Waals surface area (Å²) in [7, 11) is 3.21. The Hall–Kier alpha value is -2.84. The second-order valence-electron chi connectivity index (χ2n) is 6.72. The van der Waals surface area contributed by atoms with Gasteiger partial charge < -0.3 is 29.6 Å². The van der Waals surface area contributed by atoms with E-state index in [4.69, 9.17) is 14.2 Å². The van der Waals surface area contributed by atoms with Gasteiger partial charge in [0.1, 0.15) is 30.0 Å². The van der Waals surface area contributed by atoms with Crippen LogP contribution in [0.1, 0.15) is 13.8 Å². The van der Waals surface area contributed by atoms with Crippen molar-refractivity contribution in [3.05, 3.63) is 30.5 Å². The van der Waals surface area contributed by atoms with Crippen molar-refractivity contribution in [1.29, 1.82) is 0 Å². The molecule has 1 unspecified atom stereocenters. The van der Waals surface area contributed by atoms with Gasteiger partial charge >= 0.3 is 0 Å². The molecule has 0 spiro atoms. The molecule has 0 saturated carbocycles. The molecule has 28 heavy (non-hydrogen) atoms. The Morgan fingerprint density at radius 1 is 1.18 bits per heavy atom. The van der Waals surface area contributed by atoms with Crippen LogP contribution in [0.3, 0.4) is 0 Å². The molecule has 1 aromatic carbocycles. The number of hydrogen-bond donors (Lipinski definition) is 3. The van der Waals surface area contributed by atoms with E-state index in [-0.39, 0.29) is 6.61 Å². The molecule has 0 saturated heterocycles. The van der Waals surface area contributed by atoms with E-state index >= 15 is 0 Å². The number of nitrogens with one attached hydrogen (secondary N) is 2. The number of ether oxygens (including phenoxy) is 3. The molecule has 2 aromatic heterocycles. The molecule has 0 bridgehead atoms. The summed E-state index contributed by atoms with van der Waals surface area (Å²) in [4.78, 5) is 12.1. The maximum atomic E-state index is 9.96. The van der Waals surface area contributed by atoms with Crippen LogP contribution in [-0.4, -0.2) is 59.6 Å². The van der Waals surface area contributed by atoms with Crippen molar-refractivity contribution in [3.63, 3.8) is 0 Å². The second-order valence-corrected chi connectivity index (χ2v) is 6.72. The van der Waals surface area contributed by atoms with E-state index < -0.39 is 6.10 Å². The third kappa shape index (κ3) is 4.71. The third-order valence-electron chi connectivity index (χ3n) is 4.19. The van der Waals surface area contributed by atoms with Crippen LogP contribution in [0, 0.1) is 0 Å². The van der Waals surface area contributed by atoms with Gasteiger partial charge in [0, 0.05) is 24.7 Å². The zero-order chi connectivity index (χ0) is 20.1. The van der Waals surface area contributed by atoms with Gasteiger partial charge in [-0.15, -0.1) is 0 Å². The monoisotopic (exact) mass is 386 g/mol. The van der Waals surface area contributed by atoms with E-state index in [0.717, 1.165) is 11.1 Å². The standard InChI is InChI=1S/C20H26N4O4/c1-12(2)21-9-13(25)11-28-19-8-16-17(10-22-19)24-20(23-16)15-6-5-14(26-3)7-18(15)27-4/h5-8,10,12-13,21,25H,9,11H2,1-4H3,(H,23,24). The first-order chi connectivity index (χ1) is 13.5. The number of benzene rings is 1. The van der Waals surface area contributed by atoms with Gasteiger partial charge in [-0.1, -0.05) is 13.8 Å². The molecule has 3 N–H and O–H groups in total. The Kier molecular flexibility index (Phi) is 6.33. The number of rotatable bonds is 9. The molecule has 0 aliphatic carbocycles. The summed E-state index contributed by atoms with van der Waals surface area (Å²) in [6.45, 7) is 4.66. The first kappa shape index (κ1) is 19.9. The number of aliphatic hydroxyl groups is 1. The predicted molar refractivity (Wildman–Crippen MR) is 107 cm³/mol. The molecule has 0 amide bonds. The van der Waals surface area contributed by atoms with Crippen molar-refractivity contribution in [1.82, 2.24) is 20.3 Å². The maximum absolute atomic E-state index is 9.96. The van der Waals surface area contributed by atoms with Crippen molar-refractivity contribution < 1.29 is 19.3 Å². The topological polar surface area (TPSA) is 102 Å². The maximum Gasteiger partial charge on any atom is 0.215 e. The van der Waals surface area contributed by atoms with Crippen LogP contribution in [0.15, 0.2) is 30.5 Å². The molecule has 0 aliphatic heterocycles. The van der Waals surface area contributed by atoms with Crippen molar-refractivity contribution in [3.8, 4) is 28.8 Å². The highest BCUT2D eigenvalue weighted by Gasteiger charge is 2.13. The molecule has 3 aromatic rings. The minimum absolute atomic E-state index is 0.155. The number of aromatic nitrogens is 3. The number of methoxy groups -OCH3 is 2. The third-order valence-corrected chi connectivity index (χ3v) is 4.19. The summed E-state index contributed by atoms with van der Waals surface area (Å²) < 4.78 is 16.3. The first-order valence-electron chi connectivity index (χ1n) is 9.12. The lowest BCUT2D eigenvalue weighted by Gasteiger charge is -2.14. The van der Waals surface area contributed by atoms with Crippen molar-refractivity contribution >= 4 is 11.0 Å². The fourth-order valence-corrected chi connectivity index (χ4v) is 2.70. The highest BCUT2D eigenvalue weighted by molar-refractivity contribution is 5.81. The Morgan fingerprint density at radius 3 is 2.71 bits per heavy atom. The number of imidazole rings is 1. The summed E-state index contributed by atoms with van der Waals surface area (Å²) in [5, 5.41) is 13.1. The number of nitrogens with zero attached hydrogens (tertiary/aromatic N) is 2. The Bertz CT molecular complexity index is 926. The zero-order valence-electron chi connectivity index (χ0n) is 16.5. The van der Waals surface area contributed by atoms with Gasteiger partial charge in [0.05, 0.1) is 37.0 Å². The minimum Gasteiger partial charge on any atom is -0.497 e. The Labute approximate surface area is 163 Å². The molecule has 3 rings (SSSR count). The van der Waals surface area contributed by atoms with Crippen LogP contribution in [0.2, 0.25) is 0 Å². The quantitative estimate of drug-likeness (QED) is 0.519. The molecule has 0 aliphatic rings. The van der Waals surface area contributed by atoms with Gasteiger partial charge in [0.15, 0.2) is 0 Å². The largest absolute Gasteiger partial charge is 0.497 e. The molecule has 8 nitrogen and oxygen atoms in total. The zero-order valence-corrected chi connectivity index (χ0v) is 16.5. The fraction of sp³-hybridized carbons (Fsp3) is 0.400. The van der Waals surface area contributed by atoms with E-state index in [1.54, 1.807) is 26.5 Å². The predicted octanol–water partition coefficient (Wildman–Crippen LogP) is 2.38. The number of H-pyrrole nitrogens is 1. The van der Waals surface area contributed by atoms with E-state index in [2.05, 4.69) is 20.3 Å². The molecular weight excluding hydrogens is 360 g/mol. The molecule has 0 fully saturated rings. The van der Waals surface area contributed by atoms with Crippen molar-refractivity contribution in [2.24, 2.45) is 0 Å². The van der Waals surface area contributed by atoms with Crippen LogP contribution >= 0.6 is 0 Å². The lowest BCUT2D eigenvalue weighted by Crippen LogP contribution is -2.35.